The average Bonchev–Trinajstić information content (AvgIpc) is 2.69. The van der Waals surface area contributed by atoms with Crippen LogP contribution in [0.2, 0.25) is 0 Å². The molecule has 3 N–H and O–H groups in total. The molecule has 1 aromatic carbocycles. The van der Waals surface area contributed by atoms with E-state index >= 15 is 0 Å². The fourth-order valence-corrected chi connectivity index (χ4v) is 3.89. The van der Waals surface area contributed by atoms with Gasteiger partial charge in [-0.3, -0.25) is 9.59 Å². The first-order valence-corrected chi connectivity index (χ1v) is 10.6. The van der Waals surface area contributed by atoms with Crippen LogP contribution in [0, 0.1) is 11.8 Å². The molecule has 1 rings (SSSR count). The third-order valence-corrected chi connectivity index (χ3v) is 5.89. The summed E-state index contributed by atoms with van der Waals surface area (Å²) < 4.78 is 0. The molecule has 7 heteroatoms. The number of phenolic OH excluding ortho intramolecular Hbond substituents is 1. The third-order valence-electron chi connectivity index (χ3n) is 5.89. The maximum absolute atomic E-state index is 13.0. The Bertz CT molecular complexity index is 829. The van der Waals surface area contributed by atoms with E-state index in [2.05, 4.69) is 5.32 Å². The number of likely N-dealkylation sites (N-methyl/N-ethyl adjacent to an activating group) is 1. The van der Waals surface area contributed by atoms with E-state index in [0.29, 0.717) is 12.0 Å². The number of aliphatic carboxylic acids is 1. The smallest absolute Gasteiger partial charge is 0.331 e. The van der Waals surface area contributed by atoms with Crippen molar-refractivity contribution in [3.05, 3.63) is 41.5 Å². The van der Waals surface area contributed by atoms with Gasteiger partial charge >= 0.3 is 5.97 Å². The summed E-state index contributed by atoms with van der Waals surface area (Å²) in [5.41, 5.74) is 0.202. The Morgan fingerprint density at radius 1 is 1.19 bits per heavy atom. The van der Waals surface area contributed by atoms with Crippen molar-refractivity contribution in [1.82, 2.24) is 10.2 Å². The van der Waals surface area contributed by atoms with Crippen molar-refractivity contribution < 1.29 is 24.6 Å². The number of carboxylic acid groups (broad SMARTS) is 1. The molecule has 0 saturated heterocycles. The van der Waals surface area contributed by atoms with E-state index in [4.69, 9.17) is 5.11 Å². The number of aromatic hydroxyl groups is 1. The average molecular weight is 433 g/mol. The largest absolute Gasteiger partial charge is 0.508 e. The van der Waals surface area contributed by atoms with Gasteiger partial charge in [-0.1, -0.05) is 58.9 Å². The molecule has 0 unspecified atom stereocenters. The molecule has 0 aromatic heterocycles. The Morgan fingerprint density at radius 3 is 2.26 bits per heavy atom. The molecule has 0 heterocycles. The maximum atomic E-state index is 13.0. The van der Waals surface area contributed by atoms with Gasteiger partial charge < -0.3 is 20.4 Å². The first-order valence-electron chi connectivity index (χ1n) is 10.6. The molecule has 31 heavy (non-hydrogen) atoms. The van der Waals surface area contributed by atoms with Gasteiger partial charge in [-0.25, -0.2) is 4.79 Å². The highest BCUT2D eigenvalue weighted by atomic mass is 16.4. The van der Waals surface area contributed by atoms with Crippen LogP contribution in [0.25, 0.3) is 0 Å². The number of benzene rings is 1. The zero-order valence-electron chi connectivity index (χ0n) is 19.6. The van der Waals surface area contributed by atoms with Crippen LogP contribution >= 0.6 is 0 Å². The molecule has 1 aromatic rings. The molecular formula is C24H36N2O5. The van der Waals surface area contributed by atoms with Gasteiger partial charge in [0.25, 0.3) is 0 Å². The number of hydrogen-bond donors (Lipinski definition) is 3. The highest BCUT2D eigenvalue weighted by molar-refractivity contribution is 5.88. The molecule has 0 fully saturated rings. The predicted octanol–water partition coefficient (Wildman–Crippen LogP) is 3.33. The number of nitrogens with one attached hydrogen (secondary N) is 1. The number of rotatable bonds is 10. The molecule has 2 amide bonds. The minimum Gasteiger partial charge on any atom is -0.508 e. The lowest BCUT2D eigenvalue weighted by molar-refractivity contribution is -0.135. The molecule has 7 nitrogen and oxygen atoms in total. The van der Waals surface area contributed by atoms with E-state index < -0.39 is 23.3 Å². The van der Waals surface area contributed by atoms with Gasteiger partial charge in [-0.15, -0.1) is 0 Å². The Hall–Kier alpha value is -2.83. The molecular weight excluding hydrogens is 396 g/mol. The van der Waals surface area contributed by atoms with Crippen LogP contribution in [0.3, 0.4) is 0 Å². The number of carboxylic acids is 1. The molecule has 172 valence electrons. The van der Waals surface area contributed by atoms with Crippen molar-refractivity contribution in [2.45, 2.75) is 59.4 Å². The molecule has 0 spiro atoms. The Morgan fingerprint density at radius 2 is 1.77 bits per heavy atom. The van der Waals surface area contributed by atoms with Crippen LogP contribution in [-0.2, 0) is 19.8 Å². The molecule has 0 saturated carbocycles. The molecule has 0 aliphatic rings. The summed E-state index contributed by atoms with van der Waals surface area (Å²) in [6, 6.07) is 6.54. The number of para-hydroxylation sites is 1. The van der Waals surface area contributed by atoms with Crippen molar-refractivity contribution in [3.63, 3.8) is 0 Å². The van der Waals surface area contributed by atoms with Crippen molar-refractivity contribution in [3.8, 4) is 5.75 Å². The number of nitrogens with zero attached hydrogens (tertiary/aromatic N) is 1. The van der Waals surface area contributed by atoms with Crippen molar-refractivity contribution in [2.24, 2.45) is 11.8 Å². The van der Waals surface area contributed by atoms with Crippen molar-refractivity contribution in [2.75, 3.05) is 13.6 Å². The predicted molar refractivity (Wildman–Crippen MR) is 121 cm³/mol. The summed E-state index contributed by atoms with van der Waals surface area (Å²) in [5.74, 6) is -1.92. The maximum Gasteiger partial charge on any atom is 0.331 e. The second kappa shape index (κ2) is 11.0. The number of phenols is 1. The van der Waals surface area contributed by atoms with Gasteiger partial charge in [0.05, 0.1) is 12.6 Å². The number of amides is 2. The minimum atomic E-state index is -1.03. The molecule has 0 aliphatic carbocycles. The van der Waals surface area contributed by atoms with Crippen LogP contribution in [0.1, 0.15) is 53.5 Å². The lowest BCUT2D eigenvalue weighted by Crippen LogP contribution is -2.48. The van der Waals surface area contributed by atoms with Gasteiger partial charge in [-0.05, 0) is 25.3 Å². The van der Waals surface area contributed by atoms with E-state index in [-0.39, 0.29) is 35.6 Å². The fraction of sp³-hybridized carbons (Fsp3) is 0.542. The Kier molecular flexibility index (Phi) is 9.28. The topological polar surface area (TPSA) is 107 Å². The van der Waals surface area contributed by atoms with E-state index in [9.17, 15) is 19.5 Å². The highest BCUT2D eigenvalue weighted by Gasteiger charge is 2.37. The summed E-state index contributed by atoms with van der Waals surface area (Å²) in [4.78, 5) is 38.3. The first-order chi connectivity index (χ1) is 14.3. The summed E-state index contributed by atoms with van der Waals surface area (Å²) in [7, 11) is 1.61. The number of carbonyl (C=O) groups excluding carboxylic acids is 2. The van der Waals surface area contributed by atoms with E-state index in [1.165, 1.54) is 11.8 Å². The second-order valence-electron chi connectivity index (χ2n) is 8.81. The summed E-state index contributed by atoms with van der Waals surface area (Å²) in [6.07, 6.45) is 2.09. The summed E-state index contributed by atoms with van der Waals surface area (Å²) >= 11 is 0. The normalized spacial score (nSPS) is 14.1. The van der Waals surface area contributed by atoms with Crippen LogP contribution in [0.5, 0.6) is 5.75 Å². The number of carbonyl (C=O) groups is 3. The summed E-state index contributed by atoms with van der Waals surface area (Å²) in [5, 5.41) is 22.1. The van der Waals surface area contributed by atoms with E-state index in [1.807, 2.05) is 40.7 Å². The van der Waals surface area contributed by atoms with Gasteiger partial charge in [0.1, 0.15) is 5.75 Å². The monoisotopic (exact) mass is 432 g/mol. The van der Waals surface area contributed by atoms with Crippen LogP contribution in [0.15, 0.2) is 35.9 Å². The molecule has 0 aliphatic heterocycles. The van der Waals surface area contributed by atoms with Gasteiger partial charge in [0.2, 0.25) is 11.8 Å². The van der Waals surface area contributed by atoms with Crippen LogP contribution in [-0.4, -0.2) is 52.5 Å². The lowest BCUT2D eigenvalue weighted by atomic mass is 9.71. The zero-order chi connectivity index (χ0) is 23.9. The lowest BCUT2D eigenvalue weighted by Gasteiger charge is -2.34. The second-order valence-corrected chi connectivity index (χ2v) is 8.81. The standard InChI is InChI=1S/C24H36N2O5/c1-8-17(24(5,6)18-11-9-10-12-20(18)27)22(29)25-14-21(28)26(7)19(15(2)3)13-16(4)23(30)31/h9-13,15,17,19,27H,8,14H2,1-7H3,(H,25,29)(H,30,31)/b16-13+/t17-,19-/m1/s1. The van der Waals surface area contributed by atoms with E-state index in [1.54, 1.807) is 31.3 Å². The minimum absolute atomic E-state index is 0.00216. The highest BCUT2D eigenvalue weighted by Crippen LogP contribution is 2.38. The van der Waals surface area contributed by atoms with Crippen LogP contribution < -0.4 is 5.32 Å². The van der Waals surface area contributed by atoms with Gasteiger partial charge in [0.15, 0.2) is 0 Å². The fourth-order valence-electron chi connectivity index (χ4n) is 3.89. The van der Waals surface area contributed by atoms with E-state index in [0.717, 1.165) is 0 Å². The van der Waals surface area contributed by atoms with Gasteiger partial charge in [-0.2, -0.15) is 0 Å². The van der Waals surface area contributed by atoms with Crippen LogP contribution in [0.4, 0.5) is 0 Å². The Balaban J connectivity index is 2.93. The van der Waals surface area contributed by atoms with Crippen molar-refractivity contribution >= 4 is 17.8 Å². The van der Waals surface area contributed by atoms with Gasteiger partial charge in [0, 0.05) is 29.5 Å². The first kappa shape index (κ1) is 26.2. The van der Waals surface area contributed by atoms with Crippen molar-refractivity contribution in [1.29, 1.82) is 0 Å². The third kappa shape index (κ3) is 6.57. The molecule has 0 radical (unpaired) electrons. The number of hydrogen-bond acceptors (Lipinski definition) is 4. The summed E-state index contributed by atoms with van der Waals surface area (Å²) in [6.45, 7) is 10.8. The molecule has 2 atom stereocenters. The SMILES string of the molecule is CC[C@H](C(=O)NCC(=O)N(C)[C@H](/C=C(\C)C(=O)O)C(C)C)C(C)(C)c1ccccc1O. The molecule has 0 bridgehead atoms. The zero-order valence-corrected chi connectivity index (χ0v) is 19.6. The Labute approximate surface area is 185 Å². The quantitative estimate of drug-likeness (QED) is 0.492.